The minimum atomic E-state index is -2.79. The summed E-state index contributed by atoms with van der Waals surface area (Å²) < 4.78 is 31.7. The molecule has 8 nitrogen and oxygen atoms in total. The molecule has 0 N–H and O–H groups in total. The molecule has 16 heteroatoms. The predicted molar refractivity (Wildman–Crippen MR) is 164 cm³/mol. The number of rotatable bonds is 10. The van der Waals surface area contributed by atoms with Crippen molar-refractivity contribution in [1.29, 1.82) is 0 Å². The van der Waals surface area contributed by atoms with Crippen LogP contribution in [0, 0.1) is 0 Å². The summed E-state index contributed by atoms with van der Waals surface area (Å²) in [5, 5.41) is 9.75. The van der Waals surface area contributed by atoms with E-state index >= 15 is 0 Å². The van der Waals surface area contributed by atoms with E-state index in [2.05, 4.69) is 26.2 Å². The molecular formula is C22H22BrCl3N2O6P2S2. The van der Waals surface area contributed by atoms with Gasteiger partial charge in [-0.15, -0.1) is 0 Å². The summed E-state index contributed by atoms with van der Waals surface area (Å²) in [7, 11) is 5.75. The number of hydrogen-bond donors (Lipinski definition) is 0. The van der Waals surface area contributed by atoms with E-state index in [1.54, 1.807) is 60.7 Å². The third-order valence-electron chi connectivity index (χ3n) is 4.24. The van der Waals surface area contributed by atoms with Crippen molar-refractivity contribution in [2.24, 2.45) is 10.2 Å². The van der Waals surface area contributed by atoms with Crippen molar-refractivity contribution in [2.75, 3.05) is 28.4 Å². The number of nitrogens with zero attached hydrogens (tertiary/aromatic N) is 2. The zero-order valence-electron chi connectivity index (χ0n) is 20.3. The van der Waals surface area contributed by atoms with Gasteiger partial charge in [-0.3, -0.25) is 0 Å². The van der Waals surface area contributed by atoms with Gasteiger partial charge in [-0.25, -0.2) is 0 Å². The highest BCUT2D eigenvalue weighted by Crippen LogP contribution is 2.51. The van der Waals surface area contributed by atoms with Crippen LogP contribution in [0.5, 0.6) is 11.5 Å². The Morgan fingerprint density at radius 1 is 0.658 bits per heavy atom. The topological polar surface area (TPSA) is 80.1 Å². The van der Waals surface area contributed by atoms with Crippen molar-refractivity contribution in [3.05, 3.63) is 80.2 Å². The fraction of sp³-hybridized carbons (Fsp3) is 0.182. The van der Waals surface area contributed by atoms with Crippen molar-refractivity contribution in [3.8, 4) is 11.5 Å². The van der Waals surface area contributed by atoms with E-state index < -0.39 is 13.4 Å². The van der Waals surface area contributed by atoms with Crippen LogP contribution >= 0.6 is 64.2 Å². The van der Waals surface area contributed by atoms with Crippen LogP contribution in [0.15, 0.2) is 75.4 Å². The quantitative estimate of drug-likeness (QED) is 0.116. The second kappa shape index (κ2) is 16.0. The minimum absolute atomic E-state index is 0.335. The smallest absolute Gasteiger partial charge is 0.380 e. The van der Waals surface area contributed by atoms with Gasteiger partial charge in [0.05, 0.1) is 21.4 Å². The highest BCUT2D eigenvalue weighted by molar-refractivity contribution is 9.10. The minimum Gasteiger partial charge on any atom is -0.424 e. The Morgan fingerprint density at radius 2 is 1.11 bits per heavy atom. The van der Waals surface area contributed by atoms with Crippen LogP contribution in [0.2, 0.25) is 15.1 Å². The lowest BCUT2D eigenvalue weighted by Crippen LogP contribution is -1.97. The van der Waals surface area contributed by atoms with Gasteiger partial charge in [-0.05, 0) is 70.5 Å². The Kier molecular flexibility index (Phi) is 14.1. The molecule has 0 atom stereocenters. The SMILES string of the molecule is COP(=S)(OC)Oc1cc(Cl)c(Br)cc1Cl.COP(=S)(OC)Oc1ccc(/N=N/c2ccc(Cl)cc2)cc1. The van der Waals surface area contributed by atoms with E-state index in [4.69, 9.17) is 85.6 Å². The molecule has 0 aromatic heterocycles. The first kappa shape index (κ1) is 33.6. The molecular weight excluding hydrogens is 701 g/mol. The van der Waals surface area contributed by atoms with Gasteiger partial charge in [0.1, 0.15) is 11.5 Å². The molecule has 0 aliphatic heterocycles. The largest absolute Gasteiger partial charge is 0.424 e. The number of hydrogen-bond acceptors (Lipinski definition) is 10. The summed E-state index contributed by atoms with van der Waals surface area (Å²) in [4.78, 5) is 0. The van der Waals surface area contributed by atoms with Gasteiger partial charge in [-0.2, -0.15) is 10.2 Å². The fourth-order valence-electron chi connectivity index (χ4n) is 2.32. The molecule has 0 spiro atoms. The molecule has 0 saturated carbocycles. The molecule has 0 aliphatic rings. The summed E-state index contributed by atoms with van der Waals surface area (Å²) in [6.07, 6.45) is 0. The maximum atomic E-state index is 5.97. The van der Waals surface area contributed by atoms with Gasteiger partial charge >= 0.3 is 13.4 Å². The summed E-state index contributed by atoms with van der Waals surface area (Å²) in [5.41, 5.74) is 1.41. The fourth-order valence-corrected chi connectivity index (χ4v) is 5.20. The highest BCUT2D eigenvalue weighted by atomic mass is 79.9. The molecule has 0 heterocycles. The molecule has 0 amide bonds. The molecule has 0 unspecified atom stereocenters. The maximum absolute atomic E-state index is 5.97. The van der Waals surface area contributed by atoms with Crippen molar-refractivity contribution in [3.63, 3.8) is 0 Å². The lowest BCUT2D eigenvalue weighted by atomic mass is 10.3. The maximum Gasteiger partial charge on any atom is 0.380 e. The molecule has 0 bridgehead atoms. The average molecular weight is 723 g/mol. The van der Waals surface area contributed by atoms with Crippen LogP contribution in [0.4, 0.5) is 11.4 Å². The van der Waals surface area contributed by atoms with Gasteiger partial charge in [0.2, 0.25) is 0 Å². The van der Waals surface area contributed by atoms with E-state index in [1.165, 1.54) is 28.4 Å². The number of benzene rings is 3. The zero-order valence-corrected chi connectivity index (χ0v) is 27.6. The first-order valence-electron chi connectivity index (χ1n) is 10.2. The zero-order chi connectivity index (χ0) is 28.3. The second-order valence-corrected chi connectivity index (χ2v) is 15.1. The lowest BCUT2D eigenvalue weighted by Gasteiger charge is -2.19. The van der Waals surface area contributed by atoms with E-state index in [-0.39, 0.29) is 0 Å². The summed E-state index contributed by atoms with van der Waals surface area (Å²) in [6, 6.07) is 17.2. The van der Waals surface area contributed by atoms with Crippen LogP contribution in [-0.2, 0) is 41.7 Å². The van der Waals surface area contributed by atoms with Crippen LogP contribution < -0.4 is 9.05 Å². The van der Waals surface area contributed by atoms with Gasteiger partial charge in [0.25, 0.3) is 0 Å². The van der Waals surface area contributed by atoms with E-state index in [9.17, 15) is 0 Å². The van der Waals surface area contributed by atoms with Crippen molar-refractivity contribution in [1.82, 2.24) is 0 Å². The van der Waals surface area contributed by atoms with Crippen LogP contribution in [-0.4, -0.2) is 28.4 Å². The van der Waals surface area contributed by atoms with Gasteiger partial charge in [0.15, 0.2) is 0 Å². The summed E-state index contributed by atoms with van der Waals surface area (Å²) >= 11 is 31.1. The molecule has 0 aliphatic carbocycles. The van der Waals surface area contributed by atoms with Crippen LogP contribution in [0.25, 0.3) is 0 Å². The molecule has 3 aromatic carbocycles. The Bertz CT molecular complexity index is 1320. The first-order valence-corrected chi connectivity index (χ1v) is 17.2. The van der Waals surface area contributed by atoms with Crippen molar-refractivity contribution < 1.29 is 27.1 Å². The number of azo groups is 1. The van der Waals surface area contributed by atoms with Crippen molar-refractivity contribution in [2.45, 2.75) is 0 Å². The second-order valence-electron chi connectivity index (χ2n) is 6.67. The Labute approximate surface area is 255 Å². The van der Waals surface area contributed by atoms with Crippen molar-refractivity contribution >= 4 is 99.2 Å². The summed E-state index contributed by atoms with van der Waals surface area (Å²) in [6.45, 7) is -5.51. The monoisotopic (exact) mass is 720 g/mol. The Balaban J connectivity index is 0.000000281. The Morgan fingerprint density at radius 3 is 1.58 bits per heavy atom. The van der Waals surface area contributed by atoms with Crippen LogP contribution in [0.3, 0.4) is 0 Å². The van der Waals surface area contributed by atoms with E-state index in [1.807, 2.05) is 0 Å². The molecule has 0 saturated heterocycles. The molecule has 0 radical (unpaired) electrons. The molecule has 206 valence electrons. The Hall–Kier alpha value is -0.650. The molecule has 0 fully saturated rings. The average Bonchev–Trinajstić information content (AvgIpc) is 2.92. The van der Waals surface area contributed by atoms with E-state index in [0.717, 1.165) is 5.69 Å². The lowest BCUT2D eigenvalue weighted by molar-refractivity contribution is 0.272. The molecule has 38 heavy (non-hydrogen) atoms. The third kappa shape index (κ3) is 10.7. The van der Waals surface area contributed by atoms with Crippen LogP contribution in [0.1, 0.15) is 0 Å². The van der Waals surface area contributed by atoms with Gasteiger partial charge in [0, 0.05) is 67.6 Å². The first-order chi connectivity index (χ1) is 18.0. The van der Waals surface area contributed by atoms with Gasteiger partial charge < -0.3 is 27.1 Å². The molecule has 3 rings (SSSR count). The van der Waals surface area contributed by atoms with E-state index in [0.29, 0.717) is 36.7 Å². The molecule has 3 aromatic rings. The van der Waals surface area contributed by atoms with Gasteiger partial charge in [-0.1, -0.05) is 34.8 Å². The normalized spacial score (nSPS) is 11.7. The summed E-state index contributed by atoms with van der Waals surface area (Å²) in [5.74, 6) is 0.888. The highest BCUT2D eigenvalue weighted by Gasteiger charge is 2.21. The predicted octanol–water partition coefficient (Wildman–Crippen LogP) is 10.3. The standard InChI is InChI=1S/C14H14ClN2O3PS.C8H8BrCl2O3PS/c1-18-21(22,19-2)20-14-9-7-13(8-10-14)17-16-12-5-3-11(15)4-6-12;1-12-15(16,13-2)14-8-4-6(10)5(9)3-7(8)11/h3-10H,1-2H3;3-4H,1-2H3/b17-16+;. The number of halogens is 4. The third-order valence-corrected chi connectivity index (χ3v) is 10.9.